The van der Waals surface area contributed by atoms with Crippen LogP contribution in [0.15, 0.2) is 49.1 Å². The van der Waals surface area contributed by atoms with Crippen LogP contribution in [0.1, 0.15) is 96.1 Å². The van der Waals surface area contributed by atoms with E-state index in [4.69, 9.17) is 0 Å². The molecular weight excluding hydrogens is 328 g/mol. The Labute approximate surface area is 167 Å². The maximum atomic E-state index is 4.35. The lowest BCUT2D eigenvalue weighted by molar-refractivity contribution is 0.277. The Morgan fingerprint density at radius 2 is 1.52 bits per heavy atom. The first-order valence-electron chi connectivity index (χ1n) is 11.4. The van der Waals surface area contributed by atoms with Crippen LogP contribution in [0.3, 0.4) is 0 Å². The molecule has 0 spiro atoms. The smallest absolute Gasteiger partial charge is 0.0948 e. The Morgan fingerprint density at radius 1 is 0.815 bits per heavy atom. The molecule has 0 N–H and O–H groups in total. The highest BCUT2D eigenvalue weighted by atomic mass is 15.1. The van der Waals surface area contributed by atoms with Crippen LogP contribution in [0.5, 0.6) is 0 Å². The van der Waals surface area contributed by atoms with Gasteiger partial charge in [-0.3, -0.25) is 0 Å². The van der Waals surface area contributed by atoms with Gasteiger partial charge in [0.05, 0.1) is 6.33 Å². The molecule has 1 aromatic heterocycles. The van der Waals surface area contributed by atoms with Crippen molar-refractivity contribution in [3.8, 4) is 0 Å². The molecule has 150 valence electrons. The molecule has 0 aliphatic carbocycles. The largest absolute Gasteiger partial charge is 0.334 e. The molecule has 0 saturated carbocycles. The Morgan fingerprint density at radius 3 is 2.19 bits per heavy atom. The molecule has 0 saturated heterocycles. The molecule has 0 fully saturated rings. The van der Waals surface area contributed by atoms with Gasteiger partial charge in [0.1, 0.15) is 0 Å². The average molecular weight is 369 g/mol. The van der Waals surface area contributed by atoms with Gasteiger partial charge in [-0.1, -0.05) is 102 Å². The van der Waals surface area contributed by atoms with Gasteiger partial charge in [-0.15, -0.1) is 0 Å². The first kappa shape index (κ1) is 21.7. The summed E-state index contributed by atoms with van der Waals surface area (Å²) in [7, 11) is 0. The van der Waals surface area contributed by atoms with Crippen LogP contribution in [0.4, 0.5) is 0 Å². The van der Waals surface area contributed by atoms with E-state index in [1.165, 1.54) is 82.6 Å². The Bertz CT molecular complexity index is 561. The van der Waals surface area contributed by atoms with Crippen molar-refractivity contribution in [2.24, 2.45) is 5.92 Å². The molecular formula is C25H40N2. The summed E-state index contributed by atoms with van der Waals surface area (Å²) < 4.78 is 2.39. The first-order valence-corrected chi connectivity index (χ1v) is 11.4. The molecule has 2 atom stereocenters. The van der Waals surface area contributed by atoms with Gasteiger partial charge in [-0.05, 0) is 30.7 Å². The molecule has 2 unspecified atom stereocenters. The summed E-state index contributed by atoms with van der Waals surface area (Å²) in [5, 5.41) is 0. The van der Waals surface area contributed by atoms with E-state index in [0.717, 1.165) is 0 Å². The number of nitrogens with zero attached hydrogens (tertiary/aromatic N) is 2. The second-order valence-corrected chi connectivity index (χ2v) is 8.08. The summed E-state index contributed by atoms with van der Waals surface area (Å²) >= 11 is 0. The maximum Gasteiger partial charge on any atom is 0.0948 e. The van der Waals surface area contributed by atoms with Crippen LogP contribution in [-0.2, 0) is 6.42 Å². The van der Waals surface area contributed by atoms with Crippen LogP contribution >= 0.6 is 0 Å². The lowest BCUT2D eigenvalue weighted by Gasteiger charge is -2.29. The van der Waals surface area contributed by atoms with Gasteiger partial charge in [-0.2, -0.15) is 0 Å². The van der Waals surface area contributed by atoms with E-state index in [2.05, 4.69) is 59.9 Å². The minimum Gasteiger partial charge on any atom is -0.334 e. The summed E-state index contributed by atoms with van der Waals surface area (Å²) in [6.45, 7) is 4.60. The fourth-order valence-corrected chi connectivity index (χ4v) is 4.22. The monoisotopic (exact) mass is 368 g/mol. The summed E-state index contributed by atoms with van der Waals surface area (Å²) in [5.41, 5.74) is 1.48. The number of unbranched alkanes of at least 4 members (excludes halogenated alkanes) is 7. The van der Waals surface area contributed by atoms with E-state index < -0.39 is 0 Å². The van der Waals surface area contributed by atoms with E-state index in [9.17, 15) is 0 Å². The second kappa shape index (κ2) is 13.6. The molecule has 0 bridgehead atoms. The van der Waals surface area contributed by atoms with Crippen molar-refractivity contribution in [3.63, 3.8) is 0 Å². The summed E-state index contributed by atoms with van der Waals surface area (Å²) in [6.07, 6.45) is 22.2. The third-order valence-corrected chi connectivity index (χ3v) is 5.82. The Balaban J connectivity index is 1.95. The van der Waals surface area contributed by atoms with Gasteiger partial charge in [0.25, 0.3) is 0 Å². The number of imidazole rings is 1. The lowest BCUT2D eigenvalue weighted by Crippen LogP contribution is -2.21. The number of benzene rings is 1. The third-order valence-electron chi connectivity index (χ3n) is 5.82. The van der Waals surface area contributed by atoms with E-state index in [1.54, 1.807) is 0 Å². The third kappa shape index (κ3) is 8.32. The minimum atomic E-state index is 0.579. The van der Waals surface area contributed by atoms with Gasteiger partial charge in [0.15, 0.2) is 0 Å². The molecule has 27 heavy (non-hydrogen) atoms. The van der Waals surface area contributed by atoms with Gasteiger partial charge >= 0.3 is 0 Å². The van der Waals surface area contributed by atoms with Crippen molar-refractivity contribution in [3.05, 3.63) is 54.6 Å². The predicted octanol–water partition coefficient (Wildman–Crippen LogP) is 7.61. The van der Waals surface area contributed by atoms with E-state index in [0.29, 0.717) is 12.0 Å². The highest BCUT2D eigenvalue weighted by Gasteiger charge is 2.22. The Hall–Kier alpha value is -1.57. The molecule has 0 amide bonds. The molecule has 2 aromatic rings. The van der Waals surface area contributed by atoms with Crippen LogP contribution in [-0.4, -0.2) is 9.55 Å². The van der Waals surface area contributed by atoms with Crippen molar-refractivity contribution in [1.29, 1.82) is 0 Å². The fourth-order valence-electron chi connectivity index (χ4n) is 4.22. The van der Waals surface area contributed by atoms with Crippen molar-refractivity contribution in [1.82, 2.24) is 9.55 Å². The topological polar surface area (TPSA) is 17.8 Å². The van der Waals surface area contributed by atoms with Gasteiger partial charge in [0.2, 0.25) is 0 Å². The zero-order chi connectivity index (χ0) is 19.2. The molecule has 2 heteroatoms. The summed E-state index contributed by atoms with van der Waals surface area (Å²) in [5.74, 6) is 0.696. The van der Waals surface area contributed by atoms with Gasteiger partial charge in [0, 0.05) is 18.4 Å². The fraction of sp³-hybridized carbons (Fsp3) is 0.640. The zero-order valence-electron chi connectivity index (χ0n) is 17.7. The van der Waals surface area contributed by atoms with Crippen LogP contribution in [0.2, 0.25) is 0 Å². The Kier molecular flexibility index (Phi) is 10.9. The van der Waals surface area contributed by atoms with E-state index >= 15 is 0 Å². The molecule has 2 rings (SSSR count). The minimum absolute atomic E-state index is 0.579. The van der Waals surface area contributed by atoms with E-state index in [-0.39, 0.29) is 0 Å². The molecule has 2 nitrogen and oxygen atoms in total. The first-order chi connectivity index (χ1) is 13.3. The highest BCUT2D eigenvalue weighted by molar-refractivity contribution is 5.15. The zero-order valence-corrected chi connectivity index (χ0v) is 17.7. The number of aromatic nitrogens is 2. The van der Waals surface area contributed by atoms with Gasteiger partial charge in [-0.25, -0.2) is 4.98 Å². The van der Waals surface area contributed by atoms with E-state index in [1.807, 2.05) is 12.5 Å². The average Bonchev–Trinajstić information content (AvgIpc) is 3.23. The van der Waals surface area contributed by atoms with Crippen LogP contribution in [0, 0.1) is 5.92 Å². The second-order valence-electron chi connectivity index (χ2n) is 8.08. The maximum absolute atomic E-state index is 4.35. The van der Waals surface area contributed by atoms with Crippen molar-refractivity contribution in [2.45, 2.75) is 96.9 Å². The number of rotatable bonds is 15. The molecule has 0 radical (unpaired) electrons. The van der Waals surface area contributed by atoms with Crippen LogP contribution < -0.4 is 0 Å². The number of hydrogen-bond donors (Lipinski definition) is 0. The normalized spacial score (nSPS) is 13.6. The molecule has 1 aromatic carbocycles. The summed E-state index contributed by atoms with van der Waals surface area (Å²) in [4.78, 5) is 4.35. The predicted molar refractivity (Wildman–Crippen MR) is 117 cm³/mol. The van der Waals surface area contributed by atoms with Gasteiger partial charge < -0.3 is 4.57 Å². The van der Waals surface area contributed by atoms with Crippen molar-refractivity contribution >= 4 is 0 Å². The molecule has 1 heterocycles. The molecule has 0 aliphatic heterocycles. The lowest BCUT2D eigenvalue weighted by atomic mass is 9.85. The summed E-state index contributed by atoms with van der Waals surface area (Å²) in [6, 6.07) is 11.6. The highest BCUT2D eigenvalue weighted by Crippen LogP contribution is 2.32. The molecule has 0 aliphatic rings. The quantitative estimate of drug-likeness (QED) is 0.296. The van der Waals surface area contributed by atoms with Crippen LogP contribution in [0.25, 0.3) is 0 Å². The number of hydrogen-bond acceptors (Lipinski definition) is 1. The SMILES string of the molecule is CCCCCCCCCC(C(CCCC)Cc1ccccc1)n1ccnc1. The standard InChI is InChI=1S/C25H40N2/c1-3-5-7-8-9-10-14-18-25(27-20-19-26-22-27)24(17-6-4-2)21-23-15-12-11-13-16-23/h11-13,15-16,19-20,22,24-25H,3-10,14,17-18,21H2,1-2H3. The van der Waals surface area contributed by atoms with Crippen molar-refractivity contribution in [2.75, 3.05) is 0 Å². The van der Waals surface area contributed by atoms with Crippen molar-refractivity contribution < 1.29 is 0 Å².